The number of rotatable bonds is 6. The van der Waals surface area contributed by atoms with Crippen LogP contribution in [0.2, 0.25) is 0 Å². The summed E-state index contributed by atoms with van der Waals surface area (Å²) >= 11 is 0. The first-order valence-electron chi connectivity index (χ1n) is 10.9. The summed E-state index contributed by atoms with van der Waals surface area (Å²) in [5, 5.41) is 13.3. The molecule has 1 aromatic heterocycles. The number of nitrogens with two attached hydrogens (primary N) is 1. The molecule has 1 amide bonds. The molecule has 0 atom stereocenters. The Kier molecular flexibility index (Phi) is 5.74. The van der Waals surface area contributed by atoms with Crippen molar-refractivity contribution in [2.45, 2.75) is 13.0 Å². The van der Waals surface area contributed by atoms with Gasteiger partial charge >= 0.3 is 0 Å². The molecule has 0 aliphatic carbocycles. The lowest BCUT2D eigenvalue weighted by atomic mass is 10.0. The Morgan fingerprint density at radius 1 is 0.941 bits per heavy atom. The third kappa shape index (κ3) is 4.49. The average Bonchev–Trinajstić information content (AvgIpc) is 3.34. The molecule has 0 bridgehead atoms. The quantitative estimate of drug-likeness (QED) is 0.343. The molecule has 0 unspecified atom stereocenters. The van der Waals surface area contributed by atoms with Crippen molar-refractivity contribution in [2.75, 3.05) is 11.1 Å². The number of nitrogens with one attached hydrogen (secondary N) is 1. The summed E-state index contributed by atoms with van der Waals surface area (Å²) in [5.41, 5.74) is 9.98. The van der Waals surface area contributed by atoms with E-state index in [1.54, 1.807) is 35.1 Å². The first-order chi connectivity index (χ1) is 16.6. The first kappa shape index (κ1) is 21.3. The van der Waals surface area contributed by atoms with E-state index in [9.17, 15) is 9.18 Å². The van der Waals surface area contributed by atoms with E-state index in [1.165, 1.54) is 28.5 Å². The number of nitrogens with zero attached hydrogens (tertiary/aromatic N) is 3. The monoisotopic (exact) mass is 451 g/mol. The molecule has 1 heterocycles. The van der Waals surface area contributed by atoms with Crippen molar-refractivity contribution in [2.24, 2.45) is 0 Å². The van der Waals surface area contributed by atoms with Crippen molar-refractivity contribution in [3.63, 3.8) is 0 Å². The van der Waals surface area contributed by atoms with Crippen LogP contribution < -0.4 is 11.1 Å². The van der Waals surface area contributed by atoms with Gasteiger partial charge in [-0.25, -0.2) is 4.39 Å². The van der Waals surface area contributed by atoms with E-state index in [0.717, 1.165) is 17.5 Å². The lowest BCUT2D eigenvalue weighted by Crippen LogP contribution is -2.14. The number of hydrogen-bond acceptors (Lipinski definition) is 4. The van der Waals surface area contributed by atoms with Gasteiger partial charge in [0.2, 0.25) is 0 Å². The van der Waals surface area contributed by atoms with Crippen molar-refractivity contribution < 1.29 is 9.18 Å². The molecule has 34 heavy (non-hydrogen) atoms. The van der Waals surface area contributed by atoms with Crippen LogP contribution in [0.15, 0.2) is 91.1 Å². The zero-order chi connectivity index (χ0) is 23.5. The Hall–Kier alpha value is -4.52. The molecule has 0 spiro atoms. The lowest BCUT2D eigenvalue weighted by molar-refractivity contribution is 0.102. The maximum absolute atomic E-state index is 13.2. The second kappa shape index (κ2) is 9.15. The Bertz CT molecular complexity index is 1470. The van der Waals surface area contributed by atoms with E-state index in [-0.39, 0.29) is 11.5 Å². The van der Waals surface area contributed by atoms with Gasteiger partial charge < -0.3 is 11.1 Å². The number of benzene rings is 4. The number of halogens is 1. The lowest BCUT2D eigenvalue weighted by Gasteiger charge is -2.10. The summed E-state index contributed by atoms with van der Waals surface area (Å²) in [6.45, 7) is 0.594. The van der Waals surface area contributed by atoms with Gasteiger partial charge in [-0.3, -0.25) is 9.48 Å². The summed E-state index contributed by atoms with van der Waals surface area (Å²) in [4.78, 5) is 12.8. The standard InChI is InChI=1S/C27H22FN5O/c28-22-11-8-18(9-12-22)21-10-13-24(29)25(16-21)30-27(34)26-17-33(32-31-26)15-14-20-6-3-5-19-4-1-2-7-23(19)20/h1-13,16-17H,14-15,29H2,(H,30,34). The second-order valence-corrected chi connectivity index (χ2v) is 8.02. The minimum Gasteiger partial charge on any atom is -0.397 e. The van der Waals surface area contributed by atoms with Crippen LogP contribution in [0.5, 0.6) is 0 Å². The van der Waals surface area contributed by atoms with Crippen LogP contribution in [-0.2, 0) is 13.0 Å². The first-order valence-corrected chi connectivity index (χ1v) is 10.9. The minimum absolute atomic E-state index is 0.199. The molecule has 0 saturated carbocycles. The molecule has 0 radical (unpaired) electrons. The number of aryl methyl sites for hydroxylation is 2. The van der Waals surface area contributed by atoms with Gasteiger partial charge in [0.25, 0.3) is 5.91 Å². The number of aromatic nitrogens is 3. The summed E-state index contributed by atoms with van der Waals surface area (Å²) in [6.07, 6.45) is 2.39. The van der Waals surface area contributed by atoms with Crippen LogP contribution in [0, 0.1) is 5.82 Å². The largest absolute Gasteiger partial charge is 0.397 e. The number of hydrogen-bond donors (Lipinski definition) is 2. The third-order valence-corrected chi connectivity index (χ3v) is 5.74. The minimum atomic E-state index is -0.403. The summed E-state index contributed by atoms with van der Waals surface area (Å²) in [6, 6.07) is 25.9. The van der Waals surface area contributed by atoms with Gasteiger partial charge in [0, 0.05) is 6.54 Å². The Morgan fingerprint density at radius 3 is 2.56 bits per heavy atom. The molecule has 5 rings (SSSR count). The molecule has 7 heteroatoms. The number of carbonyl (C=O) groups excluding carboxylic acids is 1. The van der Waals surface area contributed by atoms with Crippen molar-refractivity contribution in [1.82, 2.24) is 15.0 Å². The molecule has 0 saturated heterocycles. The van der Waals surface area contributed by atoms with Crippen molar-refractivity contribution >= 4 is 28.1 Å². The zero-order valence-corrected chi connectivity index (χ0v) is 18.3. The average molecular weight is 452 g/mol. The topological polar surface area (TPSA) is 85.8 Å². The van der Waals surface area contributed by atoms with Gasteiger partial charge in [-0.1, -0.05) is 65.9 Å². The number of nitrogen functional groups attached to an aromatic ring is 1. The van der Waals surface area contributed by atoms with E-state index < -0.39 is 5.91 Å². The van der Waals surface area contributed by atoms with E-state index in [0.29, 0.717) is 17.9 Å². The molecule has 4 aromatic carbocycles. The normalized spacial score (nSPS) is 11.0. The van der Waals surface area contributed by atoms with Crippen molar-refractivity contribution in [3.05, 3.63) is 108 Å². The van der Waals surface area contributed by atoms with Crippen LogP contribution >= 0.6 is 0 Å². The third-order valence-electron chi connectivity index (χ3n) is 5.74. The number of amides is 1. The molecule has 6 nitrogen and oxygen atoms in total. The summed E-state index contributed by atoms with van der Waals surface area (Å²) in [7, 11) is 0. The summed E-state index contributed by atoms with van der Waals surface area (Å²) in [5.74, 6) is -0.712. The molecule has 0 aliphatic heterocycles. The molecule has 168 valence electrons. The van der Waals surface area contributed by atoms with Gasteiger partial charge in [0.1, 0.15) is 5.82 Å². The fourth-order valence-electron chi connectivity index (χ4n) is 3.93. The van der Waals surface area contributed by atoms with Crippen LogP contribution in [0.1, 0.15) is 16.1 Å². The van der Waals surface area contributed by atoms with E-state index in [2.05, 4.69) is 39.9 Å². The second-order valence-electron chi connectivity index (χ2n) is 8.02. The van der Waals surface area contributed by atoms with E-state index >= 15 is 0 Å². The number of carbonyl (C=O) groups is 1. The Labute approximate surface area is 195 Å². The maximum atomic E-state index is 13.2. The highest BCUT2D eigenvalue weighted by atomic mass is 19.1. The fraction of sp³-hybridized carbons (Fsp3) is 0.0741. The highest BCUT2D eigenvalue weighted by Crippen LogP contribution is 2.28. The number of anilines is 2. The molecule has 0 aliphatic rings. The molecule has 5 aromatic rings. The fourth-order valence-corrected chi connectivity index (χ4v) is 3.93. The van der Waals surface area contributed by atoms with Gasteiger partial charge in [0.05, 0.1) is 17.6 Å². The van der Waals surface area contributed by atoms with Gasteiger partial charge in [-0.2, -0.15) is 0 Å². The zero-order valence-electron chi connectivity index (χ0n) is 18.3. The molecule has 3 N–H and O–H groups in total. The van der Waals surface area contributed by atoms with Crippen LogP contribution in [0.4, 0.5) is 15.8 Å². The predicted octanol–water partition coefficient (Wildman–Crippen LogP) is 5.31. The highest BCUT2D eigenvalue weighted by Gasteiger charge is 2.14. The van der Waals surface area contributed by atoms with Gasteiger partial charge in [-0.05, 0) is 58.1 Å². The SMILES string of the molecule is Nc1ccc(-c2ccc(F)cc2)cc1NC(=O)c1cn(CCc2cccc3ccccc23)nn1. The van der Waals surface area contributed by atoms with E-state index in [4.69, 9.17) is 5.73 Å². The molecular formula is C27H22FN5O. The van der Waals surface area contributed by atoms with Gasteiger partial charge in [-0.15, -0.1) is 5.10 Å². The predicted molar refractivity (Wildman–Crippen MR) is 132 cm³/mol. The molecular weight excluding hydrogens is 429 g/mol. The number of fused-ring (bicyclic) bond motifs is 1. The van der Waals surface area contributed by atoms with Crippen molar-refractivity contribution in [1.29, 1.82) is 0 Å². The van der Waals surface area contributed by atoms with E-state index in [1.807, 2.05) is 24.3 Å². The van der Waals surface area contributed by atoms with Crippen LogP contribution in [0.3, 0.4) is 0 Å². The summed E-state index contributed by atoms with van der Waals surface area (Å²) < 4.78 is 14.9. The molecule has 0 fully saturated rings. The highest BCUT2D eigenvalue weighted by molar-refractivity contribution is 6.04. The van der Waals surface area contributed by atoms with Crippen molar-refractivity contribution in [3.8, 4) is 11.1 Å². The Balaban J connectivity index is 1.29. The van der Waals surface area contributed by atoms with Crippen LogP contribution in [-0.4, -0.2) is 20.9 Å². The smallest absolute Gasteiger partial charge is 0.277 e. The van der Waals surface area contributed by atoms with Crippen LogP contribution in [0.25, 0.3) is 21.9 Å². The Morgan fingerprint density at radius 2 is 1.71 bits per heavy atom. The van der Waals surface area contributed by atoms with Gasteiger partial charge in [0.15, 0.2) is 5.69 Å². The maximum Gasteiger partial charge on any atom is 0.277 e.